The molecule has 0 saturated heterocycles. The normalized spacial score (nSPS) is 39.9. The average Bonchev–Trinajstić information content (AvgIpc) is 2.23. The van der Waals surface area contributed by atoms with Gasteiger partial charge in [-0.2, -0.15) is 26.3 Å². The molecule has 0 aliphatic heterocycles. The zero-order chi connectivity index (χ0) is 16.0. The molecule has 0 spiro atoms. The van der Waals surface area contributed by atoms with Crippen molar-refractivity contribution in [1.29, 1.82) is 0 Å². The van der Waals surface area contributed by atoms with E-state index in [0.717, 1.165) is 0 Å². The molecule has 120 valence electrons. The van der Waals surface area contributed by atoms with Gasteiger partial charge in [0.05, 0.1) is 11.5 Å². The Balaban J connectivity index is 3.30. The Hall–Kier alpha value is -0.310. The van der Waals surface area contributed by atoms with Gasteiger partial charge < -0.3 is 4.74 Å². The van der Waals surface area contributed by atoms with Gasteiger partial charge in [-0.05, 0) is 6.92 Å². The van der Waals surface area contributed by atoms with E-state index >= 15 is 0 Å². The van der Waals surface area contributed by atoms with Crippen LogP contribution in [0.1, 0.15) is 19.8 Å². The standard InChI is InChI=1S/C10H11ClF8O/c1-2-20-6-4-8(13,10(17,18)19)7(12,3-5(6)11)9(14,15)16/h5-6H,2-4H2,1H3/t5-,6-,7+,8-/m0/s1. The minimum absolute atomic E-state index is 0.187. The van der Waals surface area contributed by atoms with Gasteiger partial charge in [-0.25, -0.2) is 8.78 Å². The quantitative estimate of drug-likeness (QED) is 0.539. The summed E-state index contributed by atoms with van der Waals surface area (Å²) in [5.41, 5.74) is -10.2. The van der Waals surface area contributed by atoms with Crippen LogP contribution in [-0.4, -0.2) is 41.8 Å². The third kappa shape index (κ3) is 2.58. The summed E-state index contributed by atoms with van der Waals surface area (Å²) in [7, 11) is 0. The van der Waals surface area contributed by atoms with E-state index in [2.05, 4.69) is 4.74 Å². The molecule has 0 aromatic heterocycles. The van der Waals surface area contributed by atoms with Crippen LogP contribution >= 0.6 is 11.6 Å². The Morgan fingerprint density at radius 3 is 1.75 bits per heavy atom. The predicted molar refractivity (Wildman–Crippen MR) is 54.1 cm³/mol. The Morgan fingerprint density at radius 2 is 1.40 bits per heavy atom. The first-order valence-corrected chi connectivity index (χ1v) is 6.00. The molecule has 1 aliphatic carbocycles. The zero-order valence-corrected chi connectivity index (χ0v) is 10.8. The van der Waals surface area contributed by atoms with Gasteiger partial charge in [0.15, 0.2) is 0 Å². The van der Waals surface area contributed by atoms with Crippen LogP contribution in [0.5, 0.6) is 0 Å². The third-order valence-electron chi connectivity index (χ3n) is 3.27. The fourth-order valence-corrected chi connectivity index (χ4v) is 2.56. The van der Waals surface area contributed by atoms with Crippen molar-refractivity contribution in [2.24, 2.45) is 0 Å². The number of hydrogen-bond donors (Lipinski definition) is 0. The van der Waals surface area contributed by atoms with Gasteiger partial charge in [0.25, 0.3) is 5.67 Å². The lowest BCUT2D eigenvalue weighted by atomic mass is 9.71. The van der Waals surface area contributed by atoms with Crippen molar-refractivity contribution in [1.82, 2.24) is 0 Å². The number of ether oxygens (including phenoxy) is 1. The molecule has 0 bridgehead atoms. The van der Waals surface area contributed by atoms with Crippen molar-refractivity contribution in [3.05, 3.63) is 0 Å². The van der Waals surface area contributed by atoms with Crippen LogP contribution in [0.15, 0.2) is 0 Å². The molecule has 1 aliphatic rings. The van der Waals surface area contributed by atoms with E-state index < -0.39 is 48.0 Å². The zero-order valence-electron chi connectivity index (χ0n) is 10.1. The van der Waals surface area contributed by atoms with Gasteiger partial charge in [-0.15, -0.1) is 11.6 Å². The molecule has 20 heavy (non-hydrogen) atoms. The molecule has 1 fully saturated rings. The van der Waals surface area contributed by atoms with Crippen LogP contribution in [0.2, 0.25) is 0 Å². The summed E-state index contributed by atoms with van der Waals surface area (Å²) in [6, 6.07) is 0. The maximum atomic E-state index is 14.0. The molecule has 0 unspecified atom stereocenters. The Morgan fingerprint density at radius 1 is 1.00 bits per heavy atom. The Bertz CT molecular complexity index is 356. The van der Waals surface area contributed by atoms with E-state index in [1.807, 2.05) is 0 Å². The predicted octanol–water partition coefficient (Wildman–Crippen LogP) is 4.33. The maximum absolute atomic E-state index is 14.0. The summed E-state index contributed by atoms with van der Waals surface area (Å²) >= 11 is 5.43. The molecule has 0 radical (unpaired) electrons. The topological polar surface area (TPSA) is 9.23 Å². The fraction of sp³-hybridized carbons (Fsp3) is 1.00. The van der Waals surface area contributed by atoms with Crippen LogP contribution in [-0.2, 0) is 4.74 Å². The number of alkyl halides is 9. The van der Waals surface area contributed by atoms with E-state index in [4.69, 9.17) is 11.6 Å². The lowest BCUT2D eigenvalue weighted by molar-refractivity contribution is -0.359. The molecule has 10 heteroatoms. The van der Waals surface area contributed by atoms with E-state index in [1.165, 1.54) is 6.92 Å². The summed E-state index contributed by atoms with van der Waals surface area (Å²) in [4.78, 5) is 0. The van der Waals surface area contributed by atoms with Crippen molar-refractivity contribution in [3.8, 4) is 0 Å². The van der Waals surface area contributed by atoms with Crippen molar-refractivity contribution in [2.75, 3.05) is 6.61 Å². The van der Waals surface area contributed by atoms with Crippen LogP contribution in [0.4, 0.5) is 35.1 Å². The van der Waals surface area contributed by atoms with Gasteiger partial charge in [0, 0.05) is 19.4 Å². The SMILES string of the molecule is CCO[C@H]1C[C@@](F)(C(F)(F)F)[C@@](F)(C(F)(F)F)C[C@@H]1Cl. The Labute approximate surface area is 114 Å². The molecule has 0 aromatic carbocycles. The Kier molecular flexibility index (Phi) is 4.57. The van der Waals surface area contributed by atoms with Crippen LogP contribution < -0.4 is 0 Å². The smallest absolute Gasteiger partial charge is 0.377 e. The van der Waals surface area contributed by atoms with E-state index in [0.29, 0.717) is 0 Å². The summed E-state index contributed by atoms with van der Waals surface area (Å²) in [5, 5.41) is -1.72. The lowest BCUT2D eigenvalue weighted by Gasteiger charge is -2.48. The first kappa shape index (κ1) is 17.7. The third-order valence-corrected chi connectivity index (χ3v) is 3.71. The maximum Gasteiger partial charge on any atom is 0.426 e. The average molecular weight is 335 g/mol. The van der Waals surface area contributed by atoms with Crippen molar-refractivity contribution >= 4 is 11.6 Å². The minimum atomic E-state index is -6.04. The molecule has 1 nitrogen and oxygen atoms in total. The molecule has 4 atom stereocenters. The monoisotopic (exact) mass is 334 g/mol. The summed E-state index contributed by atoms with van der Waals surface area (Å²) in [6.45, 7) is 1.16. The number of halogens is 9. The second kappa shape index (κ2) is 5.15. The minimum Gasteiger partial charge on any atom is -0.377 e. The van der Waals surface area contributed by atoms with Crippen LogP contribution in [0, 0.1) is 0 Å². The second-order valence-corrected chi connectivity index (χ2v) is 5.08. The molecule has 0 aromatic rings. The molecular formula is C10H11ClF8O. The second-order valence-electron chi connectivity index (χ2n) is 4.52. The molecule has 1 rings (SSSR count). The fourth-order valence-electron chi connectivity index (χ4n) is 2.19. The van der Waals surface area contributed by atoms with Gasteiger partial charge in [0.2, 0.25) is 5.67 Å². The van der Waals surface area contributed by atoms with Gasteiger partial charge in [-0.1, -0.05) is 0 Å². The van der Waals surface area contributed by atoms with E-state index in [9.17, 15) is 35.1 Å². The van der Waals surface area contributed by atoms with Crippen LogP contribution in [0.25, 0.3) is 0 Å². The summed E-state index contributed by atoms with van der Waals surface area (Å²) in [5.74, 6) is 0. The van der Waals surface area contributed by atoms with Gasteiger partial charge in [-0.3, -0.25) is 0 Å². The van der Waals surface area contributed by atoms with Gasteiger partial charge in [0.1, 0.15) is 0 Å². The first-order chi connectivity index (χ1) is 8.80. The van der Waals surface area contributed by atoms with Gasteiger partial charge >= 0.3 is 12.4 Å². The summed E-state index contributed by atoms with van der Waals surface area (Å²) < 4.78 is 109. The highest BCUT2D eigenvalue weighted by Crippen LogP contribution is 2.59. The van der Waals surface area contributed by atoms with Crippen LogP contribution in [0.3, 0.4) is 0 Å². The van der Waals surface area contributed by atoms with E-state index in [1.54, 1.807) is 0 Å². The molecule has 1 saturated carbocycles. The molecule has 0 amide bonds. The highest BCUT2D eigenvalue weighted by Gasteiger charge is 2.81. The number of rotatable bonds is 2. The lowest BCUT2D eigenvalue weighted by Crippen LogP contribution is -2.69. The number of hydrogen-bond acceptors (Lipinski definition) is 1. The van der Waals surface area contributed by atoms with Crippen molar-refractivity contribution < 1.29 is 39.9 Å². The highest BCUT2D eigenvalue weighted by atomic mass is 35.5. The summed E-state index contributed by atoms with van der Waals surface area (Å²) in [6.07, 6.45) is -17.4. The van der Waals surface area contributed by atoms with E-state index in [-0.39, 0.29) is 6.61 Å². The highest BCUT2D eigenvalue weighted by molar-refractivity contribution is 6.21. The van der Waals surface area contributed by atoms with Crippen molar-refractivity contribution in [2.45, 2.75) is 54.9 Å². The van der Waals surface area contributed by atoms with Crippen molar-refractivity contribution in [3.63, 3.8) is 0 Å². The largest absolute Gasteiger partial charge is 0.426 e. The molecule has 0 N–H and O–H groups in total. The molecule has 0 heterocycles. The first-order valence-electron chi connectivity index (χ1n) is 5.57. The molecular weight excluding hydrogens is 324 g/mol.